The molecule has 1 N–H and O–H groups in total. The fourth-order valence-electron chi connectivity index (χ4n) is 3.42. The summed E-state index contributed by atoms with van der Waals surface area (Å²) in [4.78, 5) is 12.0. The number of amides is 1. The Morgan fingerprint density at radius 2 is 2.05 bits per heavy atom. The van der Waals surface area contributed by atoms with E-state index in [9.17, 15) is 4.79 Å². The van der Waals surface area contributed by atoms with Crippen molar-refractivity contribution in [3.05, 3.63) is 35.9 Å². The van der Waals surface area contributed by atoms with E-state index in [1.807, 2.05) is 0 Å². The SMILES string of the molecule is O=C(N[C@H]1CC[C@H](Cc2ccccc2)C1)[C@@H]1CCCO1. The molecule has 1 aliphatic heterocycles. The molecule has 2 aliphatic rings. The first kappa shape index (κ1) is 13.6. The van der Waals surface area contributed by atoms with Gasteiger partial charge in [-0.2, -0.15) is 0 Å². The third-order valence-corrected chi connectivity index (χ3v) is 4.48. The van der Waals surface area contributed by atoms with E-state index >= 15 is 0 Å². The minimum absolute atomic E-state index is 0.105. The van der Waals surface area contributed by atoms with Crippen LogP contribution in [0.5, 0.6) is 0 Å². The molecule has 1 aromatic rings. The largest absolute Gasteiger partial charge is 0.368 e. The molecule has 20 heavy (non-hydrogen) atoms. The summed E-state index contributed by atoms with van der Waals surface area (Å²) in [6.07, 6.45) is 6.26. The van der Waals surface area contributed by atoms with Crippen molar-refractivity contribution >= 4 is 5.91 Å². The Morgan fingerprint density at radius 1 is 1.20 bits per heavy atom. The van der Waals surface area contributed by atoms with Crippen LogP contribution in [0.25, 0.3) is 0 Å². The summed E-state index contributed by atoms with van der Waals surface area (Å²) in [6.45, 7) is 0.736. The van der Waals surface area contributed by atoms with Crippen molar-refractivity contribution in [3.63, 3.8) is 0 Å². The lowest BCUT2D eigenvalue weighted by atomic mass is 9.98. The van der Waals surface area contributed by atoms with Crippen molar-refractivity contribution in [2.75, 3.05) is 6.61 Å². The van der Waals surface area contributed by atoms with Gasteiger partial charge in [-0.3, -0.25) is 4.79 Å². The lowest BCUT2D eigenvalue weighted by Gasteiger charge is -2.16. The maximum absolute atomic E-state index is 12.0. The molecule has 2 fully saturated rings. The Kier molecular flexibility index (Phi) is 4.36. The van der Waals surface area contributed by atoms with Gasteiger partial charge in [-0.15, -0.1) is 0 Å². The topological polar surface area (TPSA) is 38.3 Å². The Balaban J connectivity index is 1.46. The molecule has 0 radical (unpaired) electrons. The van der Waals surface area contributed by atoms with E-state index in [2.05, 4.69) is 35.6 Å². The number of nitrogens with one attached hydrogen (secondary N) is 1. The van der Waals surface area contributed by atoms with Crippen molar-refractivity contribution in [1.82, 2.24) is 5.32 Å². The van der Waals surface area contributed by atoms with Gasteiger partial charge in [0.1, 0.15) is 6.10 Å². The molecule has 0 bridgehead atoms. The minimum atomic E-state index is -0.192. The zero-order valence-electron chi connectivity index (χ0n) is 11.9. The zero-order valence-corrected chi connectivity index (χ0v) is 11.9. The molecule has 0 spiro atoms. The third kappa shape index (κ3) is 3.40. The second-order valence-electron chi connectivity index (χ2n) is 6.08. The van der Waals surface area contributed by atoms with E-state index in [0.717, 1.165) is 38.7 Å². The number of carbonyl (C=O) groups is 1. The molecule has 108 valence electrons. The van der Waals surface area contributed by atoms with Crippen molar-refractivity contribution in [1.29, 1.82) is 0 Å². The van der Waals surface area contributed by atoms with Crippen LogP contribution in [0.1, 0.15) is 37.7 Å². The van der Waals surface area contributed by atoms with E-state index in [1.165, 1.54) is 12.0 Å². The van der Waals surface area contributed by atoms with Gasteiger partial charge in [-0.25, -0.2) is 0 Å². The van der Waals surface area contributed by atoms with Crippen LogP contribution in [0.3, 0.4) is 0 Å². The maximum Gasteiger partial charge on any atom is 0.249 e. The van der Waals surface area contributed by atoms with Crippen molar-refractivity contribution in [3.8, 4) is 0 Å². The van der Waals surface area contributed by atoms with Gasteiger partial charge in [0.05, 0.1) is 0 Å². The summed E-state index contributed by atoms with van der Waals surface area (Å²) >= 11 is 0. The standard InChI is InChI=1S/C17H23NO2/c19-17(16-7-4-10-20-16)18-15-9-8-14(12-15)11-13-5-2-1-3-6-13/h1-3,5-6,14-16H,4,7-12H2,(H,18,19)/t14-,15+,16+/m1/s1. The van der Waals surface area contributed by atoms with E-state index in [-0.39, 0.29) is 12.0 Å². The van der Waals surface area contributed by atoms with Gasteiger partial charge in [-0.1, -0.05) is 30.3 Å². The van der Waals surface area contributed by atoms with Gasteiger partial charge < -0.3 is 10.1 Å². The van der Waals surface area contributed by atoms with Gasteiger partial charge in [0, 0.05) is 12.6 Å². The van der Waals surface area contributed by atoms with Crippen LogP contribution >= 0.6 is 0 Å². The fraction of sp³-hybridized carbons (Fsp3) is 0.588. The number of hydrogen-bond acceptors (Lipinski definition) is 2. The summed E-state index contributed by atoms with van der Waals surface area (Å²) in [5.41, 5.74) is 1.41. The van der Waals surface area contributed by atoms with Crippen LogP contribution in [0.2, 0.25) is 0 Å². The molecular weight excluding hydrogens is 250 g/mol. The van der Waals surface area contributed by atoms with Gasteiger partial charge >= 0.3 is 0 Å². The molecule has 1 saturated heterocycles. The number of carbonyl (C=O) groups excluding carboxylic acids is 1. The van der Waals surface area contributed by atoms with Gasteiger partial charge in [0.25, 0.3) is 0 Å². The molecule has 3 heteroatoms. The van der Waals surface area contributed by atoms with E-state index in [0.29, 0.717) is 12.0 Å². The molecule has 1 aromatic carbocycles. The number of ether oxygens (including phenoxy) is 1. The highest BCUT2D eigenvalue weighted by atomic mass is 16.5. The Hall–Kier alpha value is -1.35. The molecule has 1 heterocycles. The van der Waals surface area contributed by atoms with Crippen LogP contribution in [-0.4, -0.2) is 24.7 Å². The molecule has 0 unspecified atom stereocenters. The first-order valence-electron chi connectivity index (χ1n) is 7.77. The van der Waals surface area contributed by atoms with Crippen molar-refractivity contribution < 1.29 is 9.53 Å². The van der Waals surface area contributed by atoms with Gasteiger partial charge in [0.2, 0.25) is 5.91 Å². The molecule has 3 rings (SSSR count). The first-order chi connectivity index (χ1) is 9.81. The van der Waals surface area contributed by atoms with Crippen LogP contribution in [-0.2, 0) is 16.0 Å². The Bertz CT molecular complexity index is 440. The van der Waals surface area contributed by atoms with Gasteiger partial charge in [0.15, 0.2) is 0 Å². The predicted molar refractivity (Wildman–Crippen MR) is 78.4 cm³/mol. The molecule has 3 nitrogen and oxygen atoms in total. The van der Waals surface area contributed by atoms with Crippen molar-refractivity contribution in [2.24, 2.45) is 5.92 Å². The zero-order chi connectivity index (χ0) is 13.8. The van der Waals surface area contributed by atoms with E-state index in [4.69, 9.17) is 4.74 Å². The number of hydrogen-bond donors (Lipinski definition) is 1. The average Bonchev–Trinajstić information content (AvgIpc) is 3.11. The van der Waals surface area contributed by atoms with Crippen LogP contribution in [0, 0.1) is 5.92 Å². The molecular formula is C17H23NO2. The monoisotopic (exact) mass is 273 g/mol. The Morgan fingerprint density at radius 3 is 2.80 bits per heavy atom. The summed E-state index contributed by atoms with van der Waals surface area (Å²) in [6, 6.07) is 11.0. The quantitative estimate of drug-likeness (QED) is 0.916. The van der Waals surface area contributed by atoms with E-state index < -0.39 is 0 Å². The Labute approximate surface area is 120 Å². The molecule has 1 aliphatic carbocycles. The lowest BCUT2D eigenvalue weighted by molar-refractivity contribution is -0.130. The summed E-state index contributed by atoms with van der Waals surface area (Å²) < 4.78 is 5.44. The highest BCUT2D eigenvalue weighted by Gasteiger charge is 2.29. The molecule has 1 saturated carbocycles. The minimum Gasteiger partial charge on any atom is -0.368 e. The molecule has 0 aromatic heterocycles. The fourth-order valence-corrected chi connectivity index (χ4v) is 3.42. The maximum atomic E-state index is 12.0. The smallest absolute Gasteiger partial charge is 0.249 e. The van der Waals surface area contributed by atoms with Crippen LogP contribution in [0.4, 0.5) is 0 Å². The predicted octanol–water partition coefficient (Wildman–Crippen LogP) is 2.69. The normalized spacial score (nSPS) is 29.5. The lowest BCUT2D eigenvalue weighted by Crippen LogP contribution is -2.40. The molecule has 3 atom stereocenters. The van der Waals surface area contributed by atoms with Crippen LogP contribution in [0.15, 0.2) is 30.3 Å². The van der Waals surface area contributed by atoms with Crippen molar-refractivity contribution in [2.45, 2.75) is 50.7 Å². The summed E-state index contributed by atoms with van der Waals surface area (Å²) in [5.74, 6) is 0.806. The number of benzene rings is 1. The highest BCUT2D eigenvalue weighted by molar-refractivity contribution is 5.81. The average molecular weight is 273 g/mol. The molecule has 1 amide bonds. The summed E-state index contributed by atoms with van der Waals surface area (Å²) in [7, 11) is 0. The second kappa shape index (κ2) is 6.40. The third-order valence-electron chi connectivity index (χ3n) is 4.48. The number of rotatable bonds is 4. The highest BCUT2D eigenvalue weighted by Crippen LogP contribution is 2.29. The second-order valence-corrected chi connectivity index (χ2v) is 6.08. The first-order valence-corrected chi connectivity index (χ1v) is 7.77. The van der Waals surface area contributed by atoms with Crippen LogP contribution < -0.4 is 5.32 Å². The summed E-state index contributed by atoms with van der Waals surface area (Å²) in [5, 5.41) is 3.17. The van der Waals surface area contributed by atoms with E-state index in [1.54, 1.807) is 0 Å². The van der Waals surface area contributed by atoms with Gasteiger partial charge in [-0.05, 0) is 50.0 Å².